The summed E-state index contributed by atoms with van der Waals surface area (Å²) >= 11 is 0. The van der Waals surface area contributed by atoms with Crippen molar-refractivity contribution in [3.05, 3.63) is 0 Å². The molecule has 48 heavy (non-hydrogen) atoms. The van der Waals surface area contributed by atoms with E-state index in [0.717, 1.165) is 0 Å². The average molecular weight is 699 g/mol. The Labute approximate surface area is 281 Å². The lowest BCUT2D eigenvalue weighted by molar-refractivity contribution is -0.384. The van der Waals surface area contributed by atoms with Crippen molar-refractivity contribution < 1.29 is 81.7 Å². The number of aliphatic hydroxyl groups is 3. The highest BCUT2D eigenvalue weighted by atomic mass is 16.8. The monoisotopic (exact) mass is 698 g/mol. The highest BCUT2D eigenvalue weighted by Crippen LogP contribution is 2.37. The number of rotatable bonds is 12. The molecule has 4 heterocycles. The van der Waals surface area contributed by atoms with Crippen LogP contribution >= 0.6 is 0 Å². The topological polar surface area (TPSA) is 198 Å². The van der Waals surface area contributed by atoms with E-state index in [9.17, 15) is 20.1 Å². The van der Waals surface area contributed by atoms with Gasteiger partial charge >= 0.3 is 5.97 Å². The molecule has 0 aliphatic carbocycles. The van der Waals surface area contributed by atoms with Crippen LogP contribution in [0.4, 0.5) is 0 Å². The number of carbonyl (C=O) groups excluding carboxylic acids is 1. The standard InChI is InChI=1S/C31H54O17/c1-12-19(34)23(27(39-9)30(43-12)48-24-21(37-7)14(3)42-29(35)26(24)38-8)47-31-28(40-10)25(22(15(4)44-31)45-16(5)32)46-18-11-17(33)20(36-6)13(2)41-18/h12-15,17-31,33-35H,11H2,1-10H3/t12-,13-,14-,15-,17-,18-,19-,20-,21-,22+,23+,24+,25+,26+,27+,28-,29+,30-,31-/m0/s1. The molecule has 0 aromatic heterocycles. The van der Waals surface area contributed by atoms with Crippen molar-refractivity contribution in [2.45, 2.75) is 158 Å². The molecule has 0 radical (unpaired) electrons. The van der Waals surface area contributed by atoms with Crippen molar-refractivity contribution in [3.8, 4) is 0 Å². The summed E-state index contributed by atoms with van der Waals surface area (Å²) in [5.41, 5.74) is 0. The molecule has 3 N–H and O–H groups in total. The van der Waals surface area contributed by atoms with Crippen molar-refractivity contribution >= 4 is 5.97 Å². The molecule has 0 saturated carbocycles. The fourth-order valence-electron chi connectivity index (χ4n) is 7.00. The Kier molecular flexibility index (Phi) is 14.4. The minimum absolute atomic E-state index is 0.0781. The Balaban J connectivity index is 1.59. The molecular weight excluding hydrogens is 644 g/mol. The molecule has 4 rings (SSSR count). The second-order valence-corrected chi connectivity index (χ2v) is 12.6. The summed E-state index contributed by atoms with van der Waals surface area (Å²) in [5, 5.41) is 32.6. The first-order valence-electron chi connectivity index (χ1n) is 16.2. The summed E-state index contributed by atoms with van der Waals surface area (Å²) in [6.07, 6.45) is -17.3. The van der Waals surface area contributed by atoms with E-state index in [2.05, 4.69) is 0 Å². The third-order valence-corrected chi connectivity index (χ3v) is 9.43. The summed E-state index contributed by atoms with van der Waals surface area (Å²) in [7, 11) is 7.21. The van der Waals surface area contributed by atoms with E-state index in [4.69, 9.17) is 61.6 Å². The smallest absolute Gasteiger partial charge is 0.303 e. The first-order valence-corrected chi connectivity index (χ1v) is 16.2. The molecule has 4 saturated heterocycles. The minimum atomic E-state index is -1.31. The van der Waals surface area contributed by atoms with Crippen LogP contribution in [0.25, 0.3) is 0 Å². The molecule has 17 nitrogen and oxygen atoms in total. The molecule has 0 unspecified atom stereocenters. The minimum Gasteiger partial charge on any atom is -0.457 e. The van der Waals surface area contributed by atoms with Crippen molar-refractivity contribution in [1.29, 1.82) is 0 Å². The predicted octanol–water partition coefficient (Wildman–Crippen LogP) is -0.768. The number of esters is 1. The third-order valence-electron chi connectivity index (χ3n) is 9.43. The Bertz CT molecular complexity index is 978. The van der Waals surface area contributed by atoms with Gasteiger partial charge in [-0.25, -0.2) is 0 Å². The zero-order valence-corrected chi connectivity index (χ0v) is 29.2. The van der Waals surface area contributed by atoms with Gasteiger partial charge in [-0.05, 0) is 27.7 Å². The predicted molar refractivity (Wildman–Crippen MR) is 160 cm³/mol. The van der Waals surface area contributed by atoms with Crippen LogP contribution in [-0.4, -0.2) is 174 Å². The molecule has 4 aliphatic heterocycles. The van der Waals surface area contributed by atoms with E-state index in [1.165, 1.54) is 42.5 Å². The fraction of sp³-hybridized carbons (Fsp3) is 0.968. The highest BCUT2D eigenvalue weighted by molar-refractivity contribution is 5.66. The van der Waals surface area contributed by atoms with E-state index in [-0.39, 0.29) is 6.42 Å². The van der Waals surface area contributed by atoms with Gasteiger partial charge in [-0.2, -0.15) is 0 Å². The Morgan fingerprint density at radius 2 is 1.02 bits per heavy atom. The number of hydrogen-bond acceptors (Lipinski definition) is 17. The van der Waals surface area contributed by atoms with E-state index >= 15 is 0 Å². The summed E-state index contributed by atoms with van der Waals surface area (Å²) in [6.45, 7) is 8.09. The Morgan fingerprint density at radius 1 is 0.542 bits per heavy atom. The van der Waals surface area contributed by atoms with Gasteiger partial charge in [-0.1, -0.05) is 0 Å². The zero-order valence-electron chi connectivity index (χ0n) is 29.2. The number of hydrogen-bond donors (Lipinski definition) is 3. The van der Waals surface area contributed by atoms with Gasteiger partial charge in [0.05, 0.1) is 30.5 Å². The SMILES string of the molecule is CO[C@@H]1[C@H](O[C@@H]2[C@@H](O)[C@H](C)O[C@@H](O[C@@H]3[C@@H](OC)[C@H](C)O[C@@H](O)[C@@H]3OC)[C@@H]2OC)O[C@@H](C)[C@@H](OC(C)=O)[C@H]1O[C@H]1C[C@H](O)[C@@H](OC)[C@H](C)O1. The molecule has 0 spiro atoms. The van der Waals surface area contributed by atoms with Crippen molar-refractivity contribution in [2.24, 2.45) is 0 Å². The van der Waals surface area contributed by atoms with Crippen molar-refractivity contribution in [2.75, 3.05) is 35.5 Å². The third kappa shape index (κ3) is 8.49. The second kappa shape index (κ2) is 17.4. The largest absolute Gasteiger partial charge is 0.457 e. The lowest BCUT2D eigenvalue weighted by Crippen LogP contribution is -2.67. The normalized spacial score (nSPS) is 48.6. The van der Waals surface area contributed by atoms with Gasteiger partial charge < -0.3 is 76.9 Å². The van der Waals surface area contributed by atoms with Gasteiger partial charge in [0.15, 0.2) is 31.3 Å². The lowest BCUT2D eigenvalue weighted by Gasteiger charge is -2.50. The number of aliphatic hydroxyl groups excluding tert-OH is 3. The van der Waals surface area contributed by atoms with Crippen LogP contribution in [0.5, 0.6) is 0 Å². The van der Waals surface area contributed by atoms with E-state index in [0.29, 0.717) is 0 Å². The second-order valence-electron chi connectivity index (χ2n) is 12.6. The molecule has 0 aromatic carbocycles. The molecule has 0 aromatic rings. The molecule has 19 atom stereocenters. The van der Waals surface area contributed by atoms with Gasteiger partial charge in [-0.15, -0.1) is 0 Å². The van der Waals surface area contributed by atoms with Crippen molar-refractivity contribution in [3.63, 3.8) is 0 Å². The fourth-order valence-corrected chi connectivity index (χ4v) is 7.00. The molecule has 17 heteroatoms. The number of ether oxygens (including phenoxy) is 13. The summed E-state index contributed by atoms with van der Waals surface area (Å²) in [5.74, 6) is -0.569. The van der Waals surface area contributed by atoms with Crippen molar-refractivity contribution in [1.82, 2.24) is 0 Å². The van der Waals surface area contributed by atoms with Gasteiger partial charge in [0.1, 0.15) is 54.9 Å². The van der Waals surface area contributed by atoms with Crippen LogP contribution in [0.3, 0.4) is 0 Å². The summed E-state index contributed by atoms with van der Waals surface area (Å²) < 4.78 is 76.8. The van der Waals surface area contributed by atoms with Crippen LogP contribution in [0, 0.1) is 0 Å². The number of carbonyl (C=O) groups is 1. The first-order chi connectivity index (χ1) is 22.8. The van der Waals surface area contributed by atoms with Crippen LogP contribution in [0.2, 0.25) is 0 Å². The van der Waals surface area contributed by atoms with Gasteiger partial charge in [-0.3, -0.25) is 4.79 Å². The van der Waals surface area contributed by atoms with Gasteiger partial charge in [0.2, 0.25) is 0 Å². The Morgan fingerprint density at radius 3 is 1.56 bits per heavy atom. The average Bonchev–Trinajstić information content (AvgIpc) is 3.01. The maximum Gasteiger partial charge on any atom is 0.303 e. The summed E-state index contributed by atoms with van der Waals surface area (Å²) in [4.78, 5) is 12.2. The Hall–Kier alpha value is -1.13. The zero-order chi connectivity index (χ0) is 35.4. The number of methoxy groups -OCH3 is 5. The molecule has 0 bridgehead atoms. The molecule has 4 aliphatic rings. The van der Waals surface area contributed by atoms with E-state index in [1.54, 1.807) is 27.7 Å². The first kappa shape index (κ1) is 39.7. The maximum absolute atomic E-state index is 12.2. The quantitative estimate of drug-likeness (QED) is 0.215. The van der Waals surface area contributed by atoms with Crippen LogP contribution in [0.1, 0.15) is 41.0 Å². The molecule has 280 valence electrons. The highest BCUT2D eigenvalue weighted by Gasteiger charge is 2.55. The van der Waals surface area contributed by atoms with E-state index in [1.807, 2.05) is 0 Å². The molecule has 0 amide bonds. The summed E-state index contributed by atoms with van der Waals surface area (Å²) in [6, 6.07) is 0. The maximum atomic E-state index is 12.2. The van der Waals surface area contributed by atoms with Crippen LogP contribution in [-0.2, 0) is 66.4 Å². The van der Waals surface area contributed by atoms with Gasteiger partial charge in [0.25, 0.3) is 0 Å². The molecular formula is C31H54O17. The van der Waals surface area contributed by atoms with Gasteiger partial charge in [0, 0.05) is 48.9 Å². The molecule has 4 fully saturated rings. The van der Waals surface area contributed by atoms with E-state index < -0.39 is 123 Å². The van der Waals surface area contributed by atoms with Crippen LogP contribution < -0.4 is 0 Å². The van der Waals surface area contributed by atoms with Crippen LogP contribution in [0.15, 0.2) is 0 Å². The lowest BCUT2D eigenvalue weighted by atomic mass is 9.96.